The van der Waals surface area contributed by atoms with Crippen LogP contribution in [0.1, 0.15) is 39.0 Å². The SMILES string of the molecule is CC(=O)Nc1ccc(Nc2cc(C)nc(Nc3ccc(C(C)(C)C)cc3)n2)cc1. The van der Waals surface area contributed by atoms with Gasteiger partial charge in [0.05, 0.1) is 0 Å². The lowest BCUT2D eigenvalue weighted by Gasteiger charge is -2.19. The Morgan fingerprint density at radius 2 is 1.38 bits per heavy atom. The molecule has 29 heavy (non-hydrogen) atoms. The van der Waals surface area contributed by atoms with Crippen molar-refractivity contribution in [1.29, 1.82) is 0 Å². The predicted octanol–water partition coefficient (Wildman–Crippen LogP) is 5.53. The fourth-order valence-electron chi connectivity index (χ4n) is 2.86. The normalized spacial score (nSPS) is 11.1. The first kappa shape index (κ1) is 20.3. The molecule has 150 valence electrons. The molecule has 0 aliphatic carbocycles. The van der Waals surface area contributed by atoms with Gasteiger partial charge in [-0.25, -0.2) is 4.98 Å². The van der Waals surface area contributed by atoms with Crippen LogP contribution < -0.4 is 16.0 Å². The Labute approximate surface area is 171 Å². The number of amides is 1. The molecule has 6 heteroatoms. The van der Waals surface area contributed by atoms with Gasteiger partial charge in [-0.15, -0.1) is 0 Å². The van der Waals surface area contributed by atoms with Crippen molar-refractivity contribution in [3.05, 3.63) is 65.9 Å². The first-order chi connectivity index (χ1) is 13.7. The molecule has 3 aromatic rings. The molecule has 1 heterocycles. The summed E-state index contributed by atoms with van der Waals surface area (Å²) in [5.74, 6) is 1.13. The van der Waals surface area contributed by atoms with Gasteiger partial charge in [0.2, 0.25) is 11.9 Å². The van der Waals surface area contributed by atoms with E-state index >= 15 is 0 Å². The van der Waals surface area contributed by atoms with Gasteiger partial charge in [-0.05, 0) is 54.3 Å². The third-order valence-corrected chi connectivity index (χ3v) is 4.34. The molecule has 0 unspecified atom stereocenters. The highest BCUT2D eigenvalue weighted by Crippen LogP contribution is 2.25. The summed E-state index contributed by atoms with van der Waals surface area (Å²) in [6, 6.07) is 17.7. The van der Waals surface area contributed by atoms with Crippen molar-refractivity contribution in [3.8, 4) is 0 Å². The molecule has 0 saturated heterocycles. The van der Waals surface area contributed by atoms with Crippen LogP contribution in [0.15, 0.2) is 54.6 Å². The van der Waals surface area contributed by atoms with Crippen LogP contribution >= 0.6 is 0 Å². The monoisotopic (exact) mass is 389 g/mol. The van der Waals surface area contributed by atoms with Crippen molar-refractivity contribution in [1.82, 2.24) is 9.97 Å². The van der Waals surface area contributed by atoms with Crippen molar-refractivity contribution in [3.63, 3.8) is 0 Å². The zero-order valence-electron chi connectivity index (χ0n) is 17.5. The van der Waals surface area contributed by atoms with Crippen molar-refractivity contribution >= 4 is 34.7 Å². The maximum atomic E-state index is 11.1. The number of carbonyl (C=O) groups excluding carboxylic acids is 1. The van der Waals surface area contributed by atoms with E-state index in [2.05, 4.69) is 58.8 Å². The van der Waals surface area contributed by atoms with Gasteiger partial charge in [0, 0.05) is 35.7 Å². The molecule has 2 aromatic carbocycles. The molecule has 3 N–H and O–H groups in total. The highest BCUT2D eigenvalue weighted by Gasteiger charge is 2.13. The number of aryl methyl sites for hydroxylation is 1. The second-order valence-electron chi connectivity index (χ2n) is 8.05. The van der Waals surface area contributed by atoms with E-state index in [0.29, 0.717) is 11.8 Å². The van der Waals surface area contributed by atoms with Crippen molar-refractivity contribution < 1.29 is 4.79 Å². The largest absolute Gasteiger partial charge is 0.340 e. The van der Waals surface area contributed by atoms with E-state index in [1.54, 1.807) is 0 Å². The average molecular weight is 390 g/mol. The number of benzene rings is 2. The number of carbonyl (C=O) groups is 1. The van der Waals surface area contributed by atoms with E-state index in [4.69, 9.17) is 0 Å². The predicted molar refractivity (Wildman–Crippen MR) is 119 cm³/mol. The van der Waals surface area contributed by atoms with Gasteiger partial charge in [0.1, 0.15) is 5.82 Å². The van der Waals surface area contributed by atoms with Crippen LogP contribution in [0.25, 0.3) is 0 Å². The van der Waals surface area contributed by atoms with Crippen LogP contribution in [0.2, 0.25) is 0 Å². The van der Waals surface area contributed by atoms with Gasteiger partial charge in [-0.1, -0.05) is 32.9 Å². The van der Waals surface area contributed by atoms with Crippen molar-refractivity contribution in [2.24, 2.45) is 0 Å². The molecule has 0 bridgehead atoms. The number of hydrogen-bond donors (Lipinski definition) is 3. The number of anilines is 5. The van der Waals surface area contributed by atoms with Crippen LogP contribution in [-0.4, -0.2) is 15.9 Å². The van der Waals surface area contributed by atoms with Crippen LogP contribution in [0.3, 0.4) is 0 Å². The average Bonchev–Trinajstić information content (AvgIpc) is 2.62. The lowest BCUT2D eigenvalue weighted by molar-refractivity contribution is -0.114. The number of nitrogens with one attached hydrogen (secondary N) is 3. The maximum Gasteiger partial charge on any atom is 0.229 e. The quantitative estimate of drug-likeness (QED) is 0.535. The summed E-state index contributed by atoms with van der Waals surface area (Å²) in [5.41, 5.74) is 4.81. The lowest BCUT2D eigenvalue weighted by Crippen LogP contribution is -2.10. The number of aromatic nitrogens is 2. The van der Waals surface area contributed by atoms with Crippen LogP contribution in [0.5, 0.6) is 0 Å². The third kappa shape index (κ3) is 5.78. The Morgan fingerprint density at radius 1 is 0.828 bits per heavy atom. The minimum atomic E-state index is -0.0941. The summed E-state index contributed by atoms with van der Waals surface area (Å²) < 4.78 is 0. The Balaban J connectivity index is 1.73. The zero-order chi connectivity index (χ0) is 21.0. The second kappa shape index (κ2) is 8.31. The van der Waals surface area contributed by atoms with E-state index in [9.17, 15) is 4.79 Å². The molecule has 0 atom stereocenters. The first-order valence-electron chi connectivity index (χ1n) is 9.57. The molecule has 0 aliphatic heterocycles. The fraction of sp³-hybridized carbons (Fsp3) is 0.261. The molecular formula is C23H27N5O. The summed E-state index contributed by atoms with van der Waals surface area (Å²) in [7, 11) is 0. The smallest absolute Gasteiger partial charge is 0.229 e. The number of nitrogens with zero attached hydrogens (tertiary/aromatic N) is 2. The first-order valence-corrected chi connectivity index (χ1v) is 9.57. The Morgan fingerprint density at radius 3 is 1.97 bits per heavy atom. The van der Waals surface area contributed by atoms with E-state index in [0.717, 1.165) is 22.8 Å². The summed E-state index contributed by atoms with van der Waals surface area (Å²) in [6.07, 6.45) is 0. The Hall–Kier alpha value is -3.41. The molecule has 3 rings (SSSR count). The van der Waals surface area contributed by atoms with Gasteiger partial charge in [0.25, 0.3) is 0 Å². The van der Waals surface area contributed by atoms with E-state index in [-0.39, 0.29) is 11.3 Å². The lowest BCUT2D eigenvalue weighted by atomic mass is 9.87. The summed E-state index contributed by atoms with van der Waals surface area (Å²) in [4.78, 5) is 20.2. The van der Waals surface area contributed by atoms with Crippen molar-refractivity contribution in [2.75, 3.05) is 16.0 Å². The molecule has 0 aliphatic rings. The molecule has 0 radical (unpaired) electrons. The number of rotatable bonds is 5. The summed E-state index contributed by atoms with van der Waals surface area (Å²) >= 11 is 0. The minimum Gasteiger partial charge on any atom is -0.340 e. The van der Waals surface area contributed by atoms with Gasteiger partial charge < -0.3 is 16.0 Å². The standard InChI is InChI=1S/C23H27N5O/c1-15-14-21(26-19-12-10-18(11-13-19)25-16(2)29)28-22(24-15)27-20-8-6-17(7-9-20)23(3,4)5/h6-14H,1-5H3,(H,25,29)(H2,24,26,27,28). The van der Waals surface area contributed by atoms with Crippen LogP contribution in [0.4, 0.5) is 28.8 Å². The van der Waals surface area contributed by atoms with E-state index in [1.165, 1.54) is 12.5 Å². The molecule has 0 fully saturated rings. The van der Waals surface area contributed by atoms with Gasteiger partial charge >= 0.3 is 0 Å². The topological polar surface area (TPSA) is 78.9 Å². The molecule has 0 saturated carbocycles. The van der Waals surface area contributed by atoms with Crippen molar-refractivity contribution in [2.45, 2.75) is 40.0 Å². The maximum absolute atomic E-state index is 11.1. The van der Waals surface area contributed by atoms with Gasteiger partial charge in [0.15, 0.2) is 0 Å². The molecule has 1 amide bonds. The molecule has 0 spiro atoms. The molecule has 6 nitrogen and oxygen atoms in total. The van der Waals surface area contributed by atoms with Crippen LogP contribution in [0, 0.1) is 6.92 Å². The van der Waals surface area contributed by atoms with Gasteiger partial charge in [-0.2, -0.15) is 4.98 Å². The highest BCUT2D eigenvalue weighted by molar-refractivity contribution is 5.88. The number of hydrogen-bond acceptors (Lipinski definition) is 5. The summed E-state index contributed by atoms with van der Waals surface area (Å²) in [6.45, 7) is 10.0. The summed E-state index contributed by atoms with van der Waals surface area (Å²) in [5, 5.41) is 9.30. The molecular weight excluding hydrogens is 362 g/mol. The van der Waals surface area contributed by atoms with Gasteiger partial charge in [-0.3, -0.25) is 4.79 Å². The molecule has 1 aromatic heterocycles. The second-order valence-corrected chi connectivity index (χ2v) is 8.05. The third-order valence-electron chi connectivity index (χ3n) is 4.34. The Kier molecular flexibility index (Phi) is 5.82. The zero-order valence-corrected chi connectivity index (χ0v) is 17.5. The Bertz CT molecular complexity index is 989. The minimum absolute atomic E-state index is 0.0941. The van der Waals surface area contributed by atoms with E-state index < -0.39 is 0 Å². The fourth-order valence-corrected chi connectivity index (χ4v) is 2.86. The highest BCUT2D eigenvalue weighted by atomic mass is 16.1. The van der Waals surface area contributed by atoms with E-state index in [1.807, 2.05) is 49.4 Å². The van der Waals surface area contributed by atoms with Crippen LogP contribution in [-0.2, 0) is 10.2 Å².